The monoisotopic (exact) mass is 601 g/mol. The largest absolute Gasteiger partial charge is 0.352 e. The summed E-state index contributed by atoms with van der Waals surface area (Å²) >= 11 is 18.9. The smallest absolute Gasteiger partial charge is 0.243 e. The van der Waals surface area contributed by atoms with Gasteiger partial charge in [0.2, 0.25) is 21.8 Å². The fourth-order valence-corrected chi connectivity index (χ4v) is 6.43. The highest BCUT2D eigenvalue weighted by Gasteiger charge is 2.31. The summed E-state index contributed by atoms with van der Waals surface area (Å²) in [5.74, 6) is -0.485. The third kappa shape index (κ3) is 8.25. The van der Waals surface area contributed by atoms with Gasteiger partial charge in [-0.05, 0) is 56.0 Å². The zero-order chi connectivity index (χ0) is 27.9. The van der Waals surface area contributed by atoms with Gasteiger partial charge in [-0.2, -0.15) is 0 Å². The van der Waals surface area contributed by atoms with Gasteiger partial charge in [-0.15, -0.1) is 0 Å². The summed E-state index contributed by atoms with van der Waals surface area (Å²) in [5.41, 5.74) is 0.988. The van der Waals surface area contributed by atoms with Crippen molar-refractivity contribution in [3.8, 4) is 0 Å². The maximum atomic E-state index is 13.6. The number of nitrogens with one attached hydrogen (secondary N) is 1. The van der Waals surface area contributed by atoms with Crippen LogP contribution in [0.3, 0.4) is 0 Å². The molecule has 208 valence electrons. The van der Waals surface area contributed by atoms with Crippen molar-refractivity contribution in [3.63, 3.8) is 0 Å². The Morgan fingerprint density at radius 1 is 1.05 bits per heavy atom. The Labute approximate surface area is 240 Å². The van der Waals surface area contributed by atoms with Crippen LogP contribution >= 0.6 is 34.8 Å². The number of nitrogens with zero attached hydrogens (tertiary/aromatic N) is 2. The molecule has 1 aliphatic rings. The lowest BCUT2D eigenvalue weighted by Gasteiger charge is -2.32. The summed E-state index contributed by atoms with van der Waals surface area (Å²) in [6, 6.07) is 11.1. The third-order valence-electron chi connectivity index (χ3n) is 6.73. The summed E-state index contributed by atoms with van der Waals surface area (Å²) in [6.07, 6.45) is 5.79. The number of sulfonamides is 1. The molecule has 1 atom stereocenters. The van der Waals surface area contributed by atoms with Gasteiger partial charge in [0.25, 0.3) is 0 Å². The molecular formula is C27H34Cl3N3O4S. The molecule has 1 fully saturated rings. The summed E-state index contributed by atoms with van der Waals surface area (Å²) in [7, 11) is -3.61. The number of benzene rings is 2. The first-order valence-electron chi connectivity index (χ1n) is 12.8. The number of anilines is 1. The van der Waals surface area contributed by atoms with Gasteiger partial charge in [-0.1, -0.05) is 66.7 Å². The highest BCUT2D eigenvalue weighted by Crippen LogP contribution is 2.28. The van der Waals surface area contributed by atoms with Crippen molar-refractivity contribution in [3.05, 3.63) is 63.1 Å². The summed E-state index contributed by atoms with van der Waals surface area (Å²) in [5, 5.41) is 4.33. The fourth-order valence-electron chi connectivity index (χ4n) is 4.78. The van der Waals surface area contributed by atoms with Gasteiger partial charge in [0, 0.05) is 46.2 Å². The Morgan fingerprint density at radius 3 is 2.26 bits per heavy atom. The Bertz CT molecular complexity index is 1220. The molecule has 2 aromatic carbocycles. The second kappa shape index (κ2) is 13.9. The topological polar surface area (TPSA) is 86.8 Å². The summed E-state index contributed by atoms with van der Waals surface area (Å²) in [4.78, 5) is 28.4. The molecule has 0 radical (unpaired) electrons. The molecule has 0 spiro atoms. The molecule has 0 heterocycles. The van der Waals surface area contributed by atoms with Crippen LogP contribution in [0.1, 0.15) is 57.4 Å². The van der Waals surface area contributed by atoms with Crippen LogP contribution in [0.2, 0.25) is 15.1 Å². The number of hydrogen-bond acceptors (Lipinski definition) is 4. The molecule has 3 rings (SSSR count). The third-order valence-corrected chi connectivity index (χ3v) is 8.86. The average Bonchev–Trinajstić information content (AvgIpc) is 3.35. The van der Waals surface area contributed by atoms with Gasteiger partial charge in [-0.3, -0.25) is 13.9 Å². The number of rotatable bonds is 12. The van der Waals surface area contributed by atoms with Gasteiger partial charge in [0.15, 0.2) is 0 Å². The van der Waals surface area contributed by atoms with Gasteiger partial charge >= 0.3 is 0 Å². The van der Waals surface area contributed by atoms with E-state index in [0.29, 0.717) is 32.7 Å². The Hall–Kier alpha value is -2.00. The number of amides is 2. The van der Waals surface area contributed by atoms with E-state index in [2.05, 4.69) is 5.32 Å². The van der Waals surface area contributed by atoms with E-state index in [0.717, 1.165) is 31.9 Å². The highest BCUT2D eigenvalue weighted by atomic mass is 35.5. The maximum Gasteiger partial charge on any atom is 0.243 e. The lowest BCUT2D eigenvalue weighted by molar-refractivity contribution is -0.141. The molecule has 0 bridgehead atoms. The second-order valence-corrected chi connectivity index (χ2v) is 12.7. The van der Waals surface area contributed by atoms with Crippen LogP contribution in [0.4, 0.5) is 5.69 Å². The molecule has 2 amide bonds. The molecule has 38 heavy (non-hydrogen) atoms. The Morgan fingerprint density at radius 2 is 1.68 bits per heavy atom. The minimum Gasteiger partial charge on any atom is -0.352 e. The number of carbonyl (C=O) groups excluding carboxylic acids is 2. The summed E-state index contributed by atoms with van der Waals surface area (Å²) < 4.78 is 26.2. The Kier molecular flexibility index (Phi) is 11.2. The van der Waals surface area contributed by atoms with Gasteiger partial charge in [-0.25, -0.2) is 8.42 Å². The molecule has 0 unspecified atom stereocenters. The van der Waals surface area contributed by atoms with Crippen molar-refractivity contribution in [1.82, 2.24) is 10.2 Å². The van der Waals surface area contributed by atoms with E-state index in [1.165, 1.54) is 9.21 Å². The van der Waals surface area contributed by atoms with Crippen molar-refractivity contribution in [2.75, 3.05) is 17.1 Å². The first-order valence-corrected chi connectivity index (χ1v) is 15.8. The number of carbonyl (C=O) groups is 2. The SMILES string of the molecule is CC[C@@H](C(=O)NC1CCCC1)N(Cc1c(Cl)cccc1Cl)C(=O)CCCN(c1cccc(Cl)c1)S(C)(=O)=O. The molecule has 2 aromatic rings. The van der Waals surface area contributed by atoms with Crippen molar-refractivity contribution in [2.24, 2.45) is 0 Å². The van der Waals surface area contributed by atoms with E-state index in [9.17, 15) is 18.0 Å². The van der Waals surface area contributed by atoms with Crippen molar-refractivity contribution >= 4 is 62.3 Å². The Balaban J connectivity index is 1.80. The quantitative estimate of drug-likeness (QED) is 0.320. The molecule has 0 saturated heterocycles. The van der Waals surface area contributed by atoms with Gasteiger partial charge in [0.05, 0.1) is 11.9 Å². The first kappa shape index (κ1) is 30.5. The van der Waals surface area contributed by atoms with Crippen LogP contribution in [-0.4, -0.2) is 50.0 Å². The molecule has 1 saturated carbocycles. The highest BCUT2D eigenvalue weighted by molar-refractivity contribution is 7.92. The molecule has 7 nitrogen and oxygen atoms in total. The zero-order valence-corrected chi connectivity index (χ0v) is 24.7. The van der Waals surface area contributed by atoms with E-state index in [1.54, 1.807) is 42.5 Å². The first-order chi connectivity index (χ1) is 18.0. The van der Waals surface area contributed by atoms with Crippen molar-refractivity contribution in [2.45, 2.75) is 70.5 Å². The molecule has 11 heteroatoms. The van der Waals surface area contributed by atoms with Crippen LogP contribution in [0.5, 0.6) is 0 Å². The molecule has 0 aliphatic heterocycles. The van der Waals surface area contributed by atoms with E-state index < -0.39 is 16.1 Å². The molecule has 0 aromatic heterocycles. The van der Waals surface area contributed by atoms with Gasteiger partial charge in [0.1, 0.15) is 6.04 Å². The van der Waals surface area contributed by atoms with Crippen LogP contribution in [-0.2, 0) is 26.2 Å². The lowest BCUT2D eigenvalue weighted by atomic mass is 10.1. The maximum absolute atomic E-state index is 13.6. The normalized spacial score (nSPS) is 14.8. The van der Waals surface area contributed by atoms with E-state index in [4.69, 9.17) is 34.8 Å². The van der Waals surface area contributed by atoms with Crippen LogP contribution in [0.25, 0.3) is 0 Å². The van der Waals surface area contributed by atoms with Gasteiger partial charge < -0.3 is 10.2 Å². The standard InChI is InChI=1S/C27H34Cl3N3O4S/c1-3-25(27(35)31-20-10-4-5-11-20)32(18-22-23(29)13-7-14-24(22)30)26(34)15-8-16-33(38(2,36)37)21-12-6-9-19(28)17-21/h6-7,9,12-14,17,20,25H,3-5,8,10-11,15-16,18H2,1-2H3,(H,31,35)/t25-/m0/s1. The van der Waals surface area contributed by atoms with Crippen LogP contribution in [0, 0.1) is 0 Å². The molecule has 1 N–H and O–H groups in total. The summed E-state index contributed by atoms with van der Waals surface area (Å²) in [6.45, 7) is 2.01. The minimum absolute atomic E-state index is 0.0296. The van der Waals surface area contributed by atoms with Crippen molar-refractivity contribution in [1.29, 1.82) is 0 Å². The van der Waals surface area contributed by atoms with Crippen molar-refractivity contribution < 1.29 is 18.0 Å². The lowest BCUT2D eigenvalue weighted by Crippen LogP contribution is -2.51. The van der Waals surface area contributed by atoms with E-state index in [1.807, 2.05) is 6.92 Å². The number of hydrogen-bond donors (Lipinski definition) is 1. The average molecular weight is 603 g/mol. The fraction of sp³-hybridized carbons (Fsp3) is 0.481. The minimum atomic E-state index is -3.61. The predicted molar refractivity (Wildman–Crippen MR) is 154 cm³/mol. The number of halogens is 3. The van der Waals surface area contributed by atoms with E-state index in [-0.39, 0.29) is 43.8 Å². The van der Waals surface area contributed by atoms with Crippen LogP contribution in [0.15, 0.2) is 42.5 Å². The zero-order valence-electron chi connectivity index (χ0n) is 21.6. The molecule has 1 aliphatic carbocycles. The molecular weight excluding hydrogens is 569 g/mol. The second-order valence-electron chi connectivity index (χ2n) is 9.55. The predicted octanol–water partition coefficient (Wildman–Crippen LogP) is 6.06. The van der Waals surface area contributed by atoms with E-state index >= 15 is 0 Å². The van der Waals surface area contributed by atoms with Crippen LogP contribution < -0.4 is 9.62 Å².